The van der Waals surface area contributed by atoms with Crippen LogP contribution < -0.4 is 0 Å². The molecule has 1 aromatic heterocycles. The highest BCUT2D eigenvalue weighted by Gasteiger charge is 2.18. The smallest absolute Gasteiger partial charge is 0.200 e. The molecule has 3 aromatic rings. The molecule has 3 N–H and O–H groups in total. The number of phenolic OH excluding ortho intramolecular Hbond substituents is 2. The highest BCUT2D eigenvalue weighted by molar-refractivity contribution is 7.71. The largest absolute Gasteiger partial charge is 0.508 e. The van der Waals surface area contributed by atoms with Crippen LogP contribution in [0.15, 0.2) is 36.4 Å². The van der Waals surface area contributed by atoms with Gasteiger partial charge in [0.05, 0.1) is 11.3 Å². The normalized spacial score (nSPS) is 11.3. The van der Waals surface area contributed by atoms with Crippen molar-refractivity contribution in [2.75, 3.05) is 0 Å². The first-order valence-electron chi connectivity index (χ1n) is 9.25. The minimum Gasteiger partial charge on any atom is -0.508 e. The van der Waals surface area contributed by atoms with Crippen LogP contribution in [0.3, 0.4) is 0 Å². The number of hydrogen-bond donors (Lipinski definition) is 3. The van der Waals surface area contributed by atoms with Gasteiger partial charge in [-0.2, -0.15) is 5.10 Å². The van der Waals surface area contributed by atoms with Gasteiger partial charge in [0, 0.05) is 6.07 Å². The number of benzene rings is 2. The van der Waals surface area contributed by atoms with Crippen LogP contribution >= 0.6 is 12.2 Å². The number of phenols is 2. The Morgan fingerprint density at radius 2 is 1.93 bits per heavy atom. The van der Waals surface area contributed by atoms with Crippen molar-refractivity contribution in [3.05, 3.63) is 52.3 Å². The molecule has 0 amide bonds. The van der Waals surface area contributed by atoms with Crippen molar-refractivity contribution in [1.29, 1.82) is 0 Å². The number of rotatable bonds is 6. The van der Waals surface area contributed by atoms with Crippen LogP contribution in [0.4, 0.5) is 0 Å². The van der Waals surface area contributed by atoms with E-state index in [9.17, 15) is 10.2 Å². The average Bonchev–Trinajstić information content (AvgIpc) is 3.01. The number of aromatic hydroxyl groups is 2. The van der Waals surface area contributed by atoms with Gasteiger partial charge in [-0.05, 0) is 60.3 Å². The highest BCUT2D eigenvalue weighted by atomic mass is 32.1. The summed E-state index contributed by atoms with van der Waals surface area (Å²) in [5.41, 5.74) is 3.42. The molecule has 0 fully saturated rings. The molecule has 0 spiro atoms. The summed E-state index contributed by atoms with van der Waals surface area (Å²) < 4.78 is 2.28. The molecule has 0 aliphatic carbocycles. The van der Waals surface area contributed by atoms with E-state index >= 15 is 0 Å². The van der Waals surface area contributed by atoms with Gasteiger partial charge in [-0.25, -0.2) is 0 Å². The van der Waals surface area contributed by atoms with E-state index in [0.29, 0.717) is 16.2 Å². The quantitative estimate of drug-likeness (QED) is 0.493. The molecule has 27 heavy (non-hydrogen) atoms. The first-order chi connectivity index (χ1) is 12.9. The zero-order valence-corrected chi connectivity index (χ0v) is 16.7. The summed E-state index contributed by atoms with van der Waals surface area (Å²) in [6, 6.07) is 11.3. The molecule has 0 saturated carbocycles. The van der Waals surface area contributed by atoms with E-state index in [4.69, 9.17) is 12.2 Å². The van der Waals surface area contributed by atoms with E-state index < -0.39 is 0 Å². The summed E-state index contributed by atoms with van der Waals surface area (Å²) >= 11 is 5.45. The van der Waals surface area contributed by atoms with E-state index in [1.165, 1.54) is 11.6 Å². The van der Waals surface area contributed by atoms with Gasteiger partial charge in [-0.15, -0.1) is 0 Å². The number of aromatic amines is 1. The first kappa shape index (κ1) is 19.2. The van der Waals surface area contributed by atoms with Crippen molar-refractivity contribution < 1.29 is 10.2 Å². The summed E-state index contributed by atoms with van der Waals surface area (Å²) in [5.74, 6) is 0.673. The lowest BCUT2D eigenvalue weighted by atomic mass is 9.98. The number of nitrogens with zero attached hydrogens (tertiary/aromatic N) is 2. The van der Waals surface area contributed by atoms with Crippen LogP contribution in [0.2, 0.25) is 0 Å². The van der Waals surface area contributed by atoms with E-state index in [0.717, 1.165) is 30.5 Å². The standard InChI is InChI=1S/C21H25N3O2S/c1-4-5-7-14-8-6-9-15(10-14)24-20(22-23-21(24)27)17-11-16(13(2)3)18(25)12-19(17)26/h6,8-13,25-26H,4-5,7H2,1-3H3,(H,23,27). The van der Waals surface area contributed by atoms with Crippen molar-refractivity contribution in [2.24, 2.45) is 0 Å². The Balaban J connectivity index is 2.14. The summed E-state index contributed by atoms with van der Waals surface area (Å²) in [6.45, 7) is 6.16. The number of hydrogen-bond acceptors (Lipinski definition) is 4. The fourth-order valence-electron chi connectivity index (χ4n) is 3.18. The fourth-order valence-corrected chi connectivity index (χ4v) is 3.42. The Morgan fingerprint density at radius 1 is 1.15 bits per heavy atom. The molecular formula is C21H25N3O2S. The van der Waals surface area contributed by atoms with Crippen molar-refractivity contribution >= 4 is 12.2 Å². The first-order valence-corrected chi connectivity index (χ1v) is 9.66. The predicted octanol–water partition coefficient (Wildman–Crippen LogP) is 5.47. The third-order valence-electron chi connectivity index (χ3n) is 4.67. The maximum absolute atomic E-state index is 10.4. The maximum atomic E-state index is 10.4. The van der Waals surface area contributed by atoms with Gasteiger partial charge in [-0.3, -0.25) is 9.67 Å². The summed E-state index contributed by atoms with van der Waals surface area (Å²) in [7, 11) is 0. The number of unbranched alkanes of at least 4 members (excludes halogenated alkanes) is 1. The third-order valence-corrected chi connectivity index (χ3v) is 4.94. The van der Waals surface area contributed by atoms with E-state index in [-0.39, 0.29) is 17.4 Å². The highest BCUT2D eigenvalue weighted by Crippen LogP contribution is 2.37. The molecule has 0 unspecified atom stereocenters. The number of aryl methyl sites for hydroxylation is 1. The molecule has 1 heterocycles. The van der Waals surface area contributed by atoms with Gasteiger partial charge in [0.25, 0.3) is 0 Å². The van der Waals surface area contributed by atoms with Crippen molar-refractivity contribution in [2.45, 2.75) is 46.0 Å². The monoisotopic (exact) mass is 383 g/mol. The van der Waals surface area contributed by atoms with Crippen LogP contribution in [0, 0.1) is 4.77 Å². The molecule has 0 aliphatic rings. The molecule has 0 aliphatic heterocycles. The molecule has 3 rings (SSSR count). The molecule has 0 radical (unpaired) electrons. The number of H-pyrrole nitrogens is 1. The predicted molar refractivity (Wildman–Crippen MR) is 110 cm³/mol. The Morgan fingerprint density at radius 3 is 2.63 bits per heavy atom. The average molecular weight is 384 g/mol. The Kier molecular flexibility index (Phi) is 5.65. The molecule has 2 aromatic carbocycles. The summed E-state index contributed by atoms with van der Waals surface area (Å²) in [6.07, 6.45) is 3.27. The number of aromatic nitrogens is 3. The van der Waals surface area contributed by atoms with Crippen molar-refractivity contribution in [1.82, 2.24) is 14.8 Å². The van der Waals surface area contributed by atoms with Crippen LogP contribution in [-0.2, 0) is 6.42 Å². The second-order valence-electron chi connectivity index (χ2n) is 7.04. The Bertz CT molecular complexity index is 1000. The van der Waals surface area contributed by atoms with Crippen LogP contribution in [0.5, 0.6) is 11.5 Å². The van der Waals surface area contributed by atoms with Crippen LogP contribution in [-0.4, -0.2) is 25.0 Å². The minimum atomic E-state index is -0.0331. The van der Waals surface area contributed by atoms with Gasteiger partial charge < -0.3 is 10.2 Å². The Hall–Kier alpha value is -2.60. The zero-order valence-electron chi connectivity index (χ0n) is 15.9. The second kappa shape index (κ2) is 7.96. The lowest BCUT2D eigenvalue weighted by Gasteiger charge is -2.14. The topological polar surface area (TPSA) is 74.1 Å². The van der Waals surface area contributed by atoms with Crippen LogP contribution in [0.1, 0.15) is 50.7 Å². The van der Waals surface area contributed by atoms with Crippen LogP contribution in [0.25, 0.3) is 17.1 Å². The number of nitrogens with one attached hydrogen (secondary N) is 1. The van der Waals surface area contributed by atoms with Gasteiger partial charge >= 0.3 is 0 Å². The van der Waals surface area contributed by atoms with Gasteiger partial charge in [0.2, 0.25) is 0 Å². The van der Waals surface area contributed by atoms with E-state index in [1.54, 1.807) is 6.07 Å². The summed E-state index contributed by atoms with van der Waals surface area (Å²) in [4.78, 5) is 0. The van der Waals surface area contributed by atoms with E-state index in [2.05, 4.69) is 29.3 Å². The maximum Gasteiger partial charge on any atom is 0.200 e. The third kappa shape index (κ3) is 3.90. The molecule has 142 valence electrons. The molecule has 0 saturated heterocycles. The fraction of sp³-hybridized carbons (Fsp3) is 0.333. The SMILES string of the molecule is CCCCc1cccc(-n2c(-c3cc(C(C)C)c(O)cc3O)n[nH]c2=S)c1. The van der Waals surface area contributed by atoms with Gasteiger partial charge in [-0.1, -0.05) is 39.3 Å². The molecule has 5 nitrogen and oxygen atoms in total. The molecule has 0 atom stereocenters. The second-order valence-corrected chi connectivity index (χ2v) is 7.43. The molecular weight excluding hydrogens is 358 g/mol. The van der Waals surface area contributed by atoms with Crippen molar-refractivity contribution in [3.8, 4) is 28.6 Å². The van der Waals surface area contributed by atoms with Crippen molar-refractivity contribution in [3.63, 3.8) is 0 Å². The zero-order chi connectivity index (χ0) is 19.6. The minimum absolute atomic E-state index is 0.0331. The Labute approximate surface area is 164 Å². The van der Waals surface area contributed by atoms with Gasteiger partial charge in [0.15, 0.2) is 10.6 Å². The molecule has 0 bridgehead atoms. The lowest BCUT2D eigenvalue weighted by molar-refractivity contribution is 0.444. The molecule has 6 heteroatoms. The summed E-state index contributed by atoms with van der Waals surface area (Å²) in [5, 5.41) is 27.7. The van der Waals surface area contributed by atoms with E-state index in [1.807, 2.05) is 30.5 Å². The van der Waals surface area contributed by atoms with Gasteiger partial charge in [0.1, 0.15) is 11.5 Å². The lowest BCUT2D eigenvalue weighted by Crippen LogP contribution is -2.00.